The van der Waals surface area contributed by atoms with Gasteiger partial charge in [-0.15, -0.1) is 0 Å². The zero-order chi connectivity index (χ0) is 22.6. The van der Waals surface area contributed by atoms with Gasteiger partial charge in [-0.05, 0) is 47.4 Å². The molecule has 0 aliphatic carbocycles. The van der Waals surface area contributed by atoms with Gasteiger partial charge in [0.25, 0.3) is 0 Å². The van der Waals surface area contributed by atoms with Crippen molar-refractivity contribution in [2.24, 2.45) is 0 Å². The average molecular weight is 450 g/mol. The van der Waals surface area contributed by atoms with E-state index in [2.05, 4.69) is 35.3 Å². The minimum absolute atomic E-state index is 0.00447. The van der Waals surface area contributed by atoms with Crippen LogP contribution in [-0.4, -0.2) is 15.9 Å². The third kappa shape index (κ3) is 4.69. The van der Waals surface area contributed by atoms with Crippen LogP contribution in [0.25, 0.3) is 21.3 Å². The molecule has 0 saturated heterocycles. The van der Waals surface area contributed by atoms with E-state index in [0.29, 0.717) is 18.1 Å². The summed E-state index contributed by atoms with van der Waals surface area (Å²) in [7, 11) is 0. The van der Waals surface area contributed by atoms with Crippen LogP contribution in [0.15, 0.2) is 97.2 Å². The summed E-state index contributed by atoms with van der Waals surface area (Å²) in [6.45, 7) is 2.44. The van der Waals surface area contributed by atoms with Crippen LogP contribution in [0, 0.1) is 6.92 Å². The predicted molar refractivity (Wildman–Crippen MR) is 135 cm³/mol. The molecule has 0 unspecified atom stereocenters. The van der Waals surface area contributed by atoms with Crippen molar-refractivity contribution in [3.63, 3.8) is 0 Å². The maximum absolute atomic E-state index is 13.5. The third-order valence-electron chi connectivity index (χ3n) is 5.60. The molecule has 2 heterocycles. The first-order valence-electron chi connectivity index (χ1n) is 10.9. The van der Waals surface area contributed by atoms with Crippen molar-refractivity contribution in [2.45, 2.75) is 19.9 Å². The summed E-state index contributed by atoms with van der Waals surface area (Å²) in [6, 6.07) is 30.3. The van der Waals surface area contributed by atoms with Crippen LogP contribution in [0.5, 0.6) is 0 Å². The SMILES string of the molecule is Cc1cccc2sc(N(Cc3ccccn3)C(=O)Cc3ccc(-c4ccccc4)cc3)nc12. The van der Waals surface area contributed by atoms with E-state index in [1.54, 1.807) is 22.4 Å². The van der Waals surface area contributed by atoms with Gasteiger partial charge in [-0.2, -0.15) is 0 Å². The van der Waals surface area contributed by atoms with Gasteiger partial charge in [0.2, 0.25) is 5.91 Å². The Hall–Kier alpha value is -3.83. The smallest absolute Gasteiger partial charge is 0.233 e. The number of hydrogen-bond acceptors (Lipinski definition) is 4. The lowest BCUT2D eigenvalue weighted by molar-refractivity contribution is -0.118. The molecule has 0 spiro atoms. The zero-order valence-corrected chi connectivity index (χ0v) is 19.1. The van der Waals surface area contributed by atoms with Gasteiger partial charge in [0.1, 0.15) is 0 Å². The first kappa shape index (κ1) is 21.0. The monoisotopic (exact) mass is 449 g/mol. The number of thiazole rings is 1. The van der Waals surface area contributed by atoms with Crippen molar-refractivity contribution in [1.82, 2.24) is 9.97 Å². The molecule has 3 aromatic carbocycles. The van der Waals surface area contributed by atoms with Crippen molar-refractivity contribution >= 4 is 32.6 Å². The van der Waals surface area contributed by atoms with E-state index in [0.717, 1.165) is 38.2 Å². The van der Waals surface area contributed by atoms with Crippen LogP contribution in [0.3, 0.4) is 0 Å². The molecule has 33 heavy (non-hydrogen) atoms. The summed E-state index contributed by atoms with van der Waals surface area (Å²) in [5.41, 5.74) is 6.17. The standard InChI is InChI=1S/C28H23N3OS/c1-20-8-7-12-25-27(20)30-28(33-25)31(19-24-11-5-6-17-29-24)26(32)18-21-13-15-23(16-14-21)22-9-3-2-4-10-22/h2-17H,18-19H2,1H3. The molecule has 0 aliphatic rings. The number of rotatable bonds is 6. The van der Waals surface area contributed by atoms with E-state index in [9.17, 15) is 4.79 Å². The van der Waals surface area contributed by atoms with E-state index in [4.69, 9.17) is 4.98 Å². The Morgan fingerprint density at radius 3 is 2.33 bits per heavy atom. The molecule has 0 bridgehead atoms. The summed E-state index contributed by atoms with van der Waals surface area (Å²) in [6.07, 6.45) is 2.06. The number of aryl methyl sites for hydroxylation is 1. The second-order valence-corrected chi connectivity index (χ2v) is 8.97. The highest BCUT2D eigenvalue weighted by atomic mass is 32.1. The number of pyridine rings is 1. The van der Waals surface area contributed by atoms with Crippen LogP contribution in [0.4, 0.5) is 5.13 Å². The molecule has 0 atom stereocenters. The van der Waals surface area contributed by atoms with Gasteiger partial charge >= 0.3 is 0 Å². The topological polar surface area (TPSA) is 46.1 Å². The van der Waals surface area contributed by atoms with Crippen molar-refractivity contribution in [2.75, 3.05) is 4.90 Å². The second-order valence-electron chi connectivity index (χ2n) is 7.96. The highest BCUT2D eigenvalue weighted by Crippen LogP contribution is 2.32. The van der Waals surface area contributed by atoms with E-state index in [1.165, 1.54) is 0 Å². The average Bonchev–Trinajstić information content (AvgIpc) is 3.29. The summed E-state index contributed by atoms with van der Waals surface area (Å²) in [5, 5.41) is 0.704. The number of fused-ring (bicyclic) bond motifs is 1. The summed E-state index contributed by atoms with van der Waals surface area (Å²) in [4.78, 5) is 24.5. The van der Waals surface area contributed by atoms with E-state index < -0.39 is 0 Å². The highest BCUT2D eigenvalue weighted by Gasteiger charge is 2.21. The Morgan fingerprint density at radius 1 is 0.848 bits per heavy atom. The minimum atomic E-state index is 0.00447. The van der Waals surface area contributed by atoms with Crippen LogP contribution in [-0.2, 0) is 17.8 Å². The third-order valence-corrected chi connectivity index (χ3v) is 6.65. The molecule has 4 nitrogen and oxygen atoms in total. The molecule has 0 fully saturated rings. The largest absolute Gasteiger partial charge is 0.282 e. The Kier molecular flexibility index (Phi) is 5.96. The number of aromatic nitrogens is 2. The van der Waals surface area contributed by atoms with Crippen molar-refractivity contribution in [3.05, 3.63) is 114 Å². The molecule has 0 aliphatic heterocycles. The van der Waals surface area contributed by atoms with Crippen molar-refractivity contribution in [1.29, 1.82) is 0 Å². The number of nitrogens with zero attached hydrogens (tertiary/aromatic N) is 3. The van der Waals surface area contributed by atoms with E-state index in [1.807, 2.05) is 67.6 Å². The minimum Gasteiger partial charge on any atom is -0.282 e. The summed E-state index contributed by atoms with van der Waals surface area (Å²) < 4.78 is 1.08. The molecule has 2 aromatic heterocycles. The molecule has 5 heteroatoms. The van der Waals surface area contributed by atoms with Gasteiger partial charge in [-0.3, -0.25) is 14.7 Å². The number of anilines is 1. The number of carbonyl (C=O) groups is 1. The maximum Gasteiger partial charge on any atom is 0.233 e. The predicted octanol–water partition coefficient (Wildman–Crippen LogP) is 6.44. The highest BCUT2D eigenvalue weighted by molar-refractivity contribution is 7.22. The molecular formula is C28H23N3OS. The van der Waals surface area contributed by atoms with Gasteiger partial charge in [-0.25, -0.2) is 4.98 Å². The van der Waals surface area contributed by atoms with Crippen molar-refractivity contribution in [3.8, 4) is 11.1 Å². The van der Waals surface area contributed by atoms with Gasteiger partial charge in [-0.1, -0.05) is 84.1 Å². The molecule has 1 amide bonds. The fourth-order valence-electron chi connectivity index (χ4n) is 3.82. The molecule has 5 rings (SSSR count). The normalized spacial score (nSPS) is 10.9. The number of para-hydroxylation sites is 1. The van der Waals surface area contributed by atoms with Gasteiger partial charge < -0.3 is 0 Å². The summed E-state index contributed by atoms with van der Waals surface area (Å²) in [5.74, 6) is 0.00447. The number of amides is 1. The fourth-order valence-corrected chi connectivity index (χ4v) is 4.88. The second kappa shape index (κ2) is 9.35. The molecule has 0 radical (unpaired) electrons. The zero-order valence-electron chi connectivity index (χ0n) is 18.3. The quantitative estimate of drug-likeness (QED) is 0.300. The number of benzene rings is 3. The first-order chi connectivity index (χ1) is 16.2. The van der Waals surface area contributed by atoms with Gasteiger partial charge in [0, 0.05) is 6.20 Å². The molecular weight excluding hydrogens is 426 g/mol. The van der Waals surface area contributed by atoms with Crippen molar-refractivity contribution < 1.29 is 4.79 Å². The van der Waals surface area contributed by atoms with Gasteiger partial charge in [0.15, 0.2) is 5.13 Å². The lowest BCUT2D eigenvalue weighted by Gasteiger charge is -2.19. The Bertz CT molecular complexity index is 1380. The van der Waals surface area contributed by atoms with E-state index in [-0.39, 0.29) is 5.91 Å². The van der Waals surface area contributed by atoms with Crippen LogP contribution in [0.1, 0.15) is 16.8 Å². The molecule has 0 N–H and O–H groups in total. The van der Waals surface area contributed by atoms with Crippen LogP contribution in [0.2, 0.25) is 0 Å². The lowest BCUT2D eigenvalue weighted by atomic mass is 10.0. The first-order valence-corrected chi connectivity index (χ1v) is 11.7. The van der Waals surface area contributed by atoms with Crippen LogP contribution < -0.4 is 4.90 Å². The van der Waals surface area contributed by atoms with Crippen LogP contribution >= 0.6 is 11.3 Å². The van der Waals surface area contributed by atoms with Gasteiger partial charge in [0.05, 0.1) is 28.9 Å². The maximum atomic E-state index is 13.5. The van der Waals surface area contributed by atoms with E-state index >= 15 is 0 Å². The molecule has 5 aromatic rings. The summed E-state index contributed by atoms with van der Waals surface area (Å²) >= 11 is 1.54. The lowest BCUT2D eigenvalue weighted by Crippen LogP contribution is -2.32. The molecule has 0 saturated carbocycles. The molecule has 162 valence electrons. The Labute approximate surface area is 197 Å². The number of carbonyl (C=O) groups excluding carboxylic acids is 1. The Morgan fingerprint density at radius 2 is 1.61 bits per heavy atom. The Balaban J connectivity index is 1.43. The fraction of sp³-hybridized carbons (Fsp3) is 0.107. The number of hydrogen-bond donors (Lipinski definition) is 0.